The van der Waals surface area contributed by atoms with E-state index >= 15 is 0 Å². The van der Waals surface area contributed by atoms with E-state index in [1.54, 1.807) is 12.2 Å². The van der Waals surface area contributed by atoms with Crippen LogP contribution in [0, 0.1) is 0 Å². The molecular weight excluding hydrogens is 294 g/mol. The summed E-state index contributed by atoms with van der Waals surface area (Å²) in [6.07, 6.45) is 2.87. The van der Waals surface area contributed by atoms with Crippen molar-refractivity contribution in [1.82, 2.24) is 0 Å². The number of aliphatic hydroxyl groups is 1. The number of ketones is 1. The third-order valence-corrected chi connectivity index (χ3v) is 3.44. The van der Waals surface area contributed by atoms with Gasteiger partial charge in [0.05, 0.1) is 11.8 Å². The van der Waals surface area contributed by atoms with Gasteiger partial charge in [0.1, 0.15) is 0 Å². The highest BCUT2D eigenvalue weighted by molar-refractivity contribution is 9.10. The fraction of sp³-hybridized carbons (Fsp3) is 0.214. The van der Waals surface area contributed by atoms with E-state index in [1.165, 1.54) is 0 Å². The lowest BCUT2D eigenvalue weighted by Crippen LogP contribution is -2.05. The molecule has 0 amide bonds. The molecule has 2 N–H and O–H groups in total. The number of anilines is 1. The first-order valence-electron chi connectivity index (χ1n) is 5.70. The van der Waals surface area contributed by atoms with Gasteiger partial charge in [-0.25, -0.2) is 0 Å². The molecule has 4 heteroatoms. The van der Waals surface area contributed by atoms with Crippen LogP contribution in [0.1, 0.15) is 12.0 Å². The molecule has 0 radical (unpaired) electrons. The molecule has 94 valence electrons. The number of rotatable bonds is 4. The van der Waals surface area contributed by atoms with Crippen LogP contribution in [0.2, 0.25) is 0 Å². The van der Waals surface area contributed by atoms with Gasteiger partial charge in [-0.15, -0.1) is 6.58 Å². The summed E-state index contributed by atoms with van der Waals surface area (Å²) in [6, 6.07) is 5.65. The number of nitrogens with one attached hydrogen (secondary N) is 1. The van der Waals surface area contributed by atoms with E-state index in [0.717, 1.165) is 15.7 Å². The highest BCUT2D eigenvalue weighted by Gasteiger charge is 2.25. The smallest absolute Gasteiger partial charge is 0.166 e. The zero-order valence-corrected chi connectivity index (χ0v) is 11.4. The second-order valence-electron chi connectivity index (χ2n) is 4.11. The Hall–Kier alpha value is -1.39. The molecule has 1 unspecified atom stereocenters. The molecule has 2 rings (SSSR count). The van der Waals surface area contributed by atoms with Crippen molar-refractivity contribution in [3.8, 4) is 0 Å². The normalized spacial score (nSPS) is 18.7. The van der Waals surface area contributed by atoms with Crippen LogP contribution in [-0.4, -0.2) is 23.5 Å². The molecule has 1 aromatic rings. The first-order valence-corrected chi connectivity index (χ1v) is 6.49. The van der Waals surface area contributed by atoms with Crippen LogP contribution in [0.4, 0.5) is 5.69 Å². The molecule has 0 bridgehead atoms. The topological polar surface area (TPSA) is 49.3 Å². The lowest BCUT2D eigenvalue weighted by Gasteiger charge is -2.13. The van der Waals surface area contributed by atoms with Crippen molar-refractivity contribution in [3.05, 3.63) is 47.0 Å². The Balaban J connectivity index is 2.44. The number of benzene rings is 1. The SMILES string of the molecule is C=CCNc1c(Br)cccc1C1=CC(O)CC1=O. The summed E-state index contributed by atoms with van der Waals surface area (Å²) >= 11 is 3.46. The van der Waals surface area contributed by atoms with Crippen molar-refractivity contribution in [2.24, 2.45) is 0 Å². The minimum absolute atomic E-state index is 0.0257. The zero-order chi connectivity index (χ0) is 13.1. The summed E-state index contributed by atoms with van der Waals surface area (Å²) in [5.74, 6) is -0.0257. The van der Waals surface area contributed by atoms with Gasteiger partial charge < -0.3 is 10.4 Å². The van der Waals surface area contributed by atoms with E-state index < -0.39 is 6.10 Å². The van der Waals surface area contributed by atoms with Gasteiger partial charge in [0.2, 0.25) is 0 Å². The van der Waals surface area contributed by atoms with Crippen LogP contribution in [0.3, 0.4) is 0 Å². The molecule has 0 spiro atoms. The quantitative estimate of drug-likeness (QED) is 0.841. The van der Waals surface area contributed by atoms with Crippen LogP contribution in [0.5, 0.6) is 0 Å². The van der Waals surface area contributed by atoms with E-state index in [4.69, 9.17) is 0 Å². The van der Waals surface area contributed by atoms with Gasteiger partial charge in [0.25, 0.3) is 0 Å². The van der Waals surface area contributed by atoms with Gasteiger partial charge in [-0.2, -0.15) is 0 Å². The summed E-state index contributed by atoms with van der Waals surface area (Å²) < 4.78 is 0.886. The summed E-state index contributed by atoms with van der Waals surface area (Å²) in [6.45, 7) is 4.27. The molecule has 1 aliphatic rings. The standard InChI is InChI=1S/C14H14BrNO2/c1-2-6-16-14-10(4-3-5-12(14)15)11-7-9(17)8-13(11)18/h2-5,7,9,16-17H,1,6,8H2. The number of Topliss-reactive ketones (excluding diaryl/α,β-unsaturated/α-hetero) is 1. The van der Waals surface area contributed by atoms with E-state index in [0.29, 0.717) is 12.1 Å². The Bertz CT molecular complexity index is 523. The summed E-state index contributed by atoms with van der Waals surface area (Å²) in [5.41, 5.74) is 2.24. The number of allylic oxidation sites excluding steroid dienone is 1. The second-order valence-corrected chi connectivity index (χ2v) is 4.96. The Labute approximate surface area is 114 Å². The molecule has 0 aromatic heterocycles. The van der Waals surface area contributed by atoms with Gasteiger partial charge in [0, 0.05) is 28.6 Å². The molecule has 3 nitrogen and oxygen atoms in total. The van der Waals surface area contributed by atoms with Crippen molar-refractivity contribution in [2.75, 3.05) is 11.9 Å². The van der Waals surface area contributed by atoms with Crippen molar-refractivity contribution in [1.29, 1.82) is 0 Å². The average molecular weight is 308 g/mol. The largest absolute Gasteiger partial charge is 0.389 e. The number of carbonyl (C=O) groups is 1. The van der Waals surface area contributed by atoms with Crippen LogP contribution in [0.25, 0.3) is 5.57 Å². The maximum atomic E-state index is 11.8. The van der Waals surface area contributed by atoms with Crippen LogP contribution >= 0.6 is 15.9 Å². The fourth-order valence-corrected chi connectivity index (χ4v) is 2.49. The van der Waals surface area contributed by atoms with Gasteiger partial charge in [-0.1, -0.05) is 18.2 Å². The van der Waals surface area contributed by atoms with Crippen LogP contribution in [-0.2, 0) is 4.79 Å². The highest BCUT2D eigenvalue weighted by atomic mass is 79.9. The minimum atomic E-state index is -0.668. The Morgan fingerprint density at radius 3 is 2.94 bits per heavy atom. The summed E-state index contributed by atoms with van der Waals surface area (Å²) in [5, 5.41) is 12.7. The monoisotopic (exact) mass is 307 g/mol. The molecule has 1 aliphatic carbocycles. The molecule has 18 heavy (non-hydrogen) atoms. The first-order chi connectivity index (χ1) is 8.63. The Morgan fingerprint density at radius 2 is 2.33 bits per heavy atom. The molecule has 0 aliphatic heterocycles. The highest BCUT2D eigenvalue weighted by Crippen LogP contribution is 2.34. The first kappa shape index (κ1) is 13.1. The number of aliphatic hydroxyl groups excluding tert-OH is 1. The maximum Gasteiger partial charge on any atom is 0.166 e. The van der Waals surface area contributed by atoms with Gasteiger partial charge in [-0.05, 0) is 28.1 Å². The molecule has 1 atom stereocenters. The Morgan fingerprint density at radius 1 is 1.56 bits per heavy atom. The lowest BCUT2D eigenvalue weighted by molar-refractivity contribution is -0.114. The molecular formula is C14H14BrNO2. The van der Waals surface area contributed by atoms with Gasteiger partial charge in [-0.3, -0.25) is 4.79 Å². The predicted molar refractivity (Wildman–Crippen MR) is 76.4 cm³/mol. The number of hydrogen-bond acceptors (Lipinski definition) is 3. The Kier molecular flexibility index (Phi) is 3.99. The third-order valence-electron chi connectivity index (χ3n) is 2.78. The van der Waals surface area contributed by atoms with Gasteiger partial charge >= 0.3 is 0 Å². The van der Waals surface area contributed by atoms with Crippen LogP contribution < -0.4 is 5.32 Å². The molecule has 0 fully saturated rings. The van der Waals surface area contributed by atoms with E-state index in [9.17, 15) is 9.90 Å². The fourth-order valence-electron chi connectivity index (χ4n) is 1.99. The second kappa shape index (κ2) is 5.50. The van der Waals surface area contributed by atoms with Crippen molar-refractivity contribution in [2.45, 2.75) is 12.5 Å². The minimum Gasteiger partial charge on any atom is -0.389 e. The van der Waals surface area contributed by atoms with E-state index in [-0.39, 0.29) is 12.2 Å². The summed E-state index contributed by atoms with van der Waals surface area (Å²) in [7, 11) is 0. The number of carbonyl (C=O) groups excluding carboxylic acids is 1. The molecule has 0 saturated carbocycles. The molecule has 1 aromatic carbocycles. The van der Waals surface area contributed by atoms with Gasteiger partial charge in [0.15, 0.2) is 5.78 Å². The average Bonchev–Trinajstić information content (AvgIpc) is 2.66. The number of halogens is 1. The predicted octanol–water partition coefficient (Wildman–Crippen LogP) is 2.76. The molecule has 0 saturated heterocycles. The van der Waals surface area contributed by atoms with Crippen LogP contribution in [0.15, 0.2) is 41.4 Å². The van der Waals surface area contributed by atoms with Crippen molar-refractivity contribution >= 4 is 33.0 Å². The van der Waals surface area contributed by atoms with Crippen molar-refractivity contribution in [3.63, 3.8) is 0 Å². The third kappa shape index (κ3) is 2.54. The lowest BCUT2D eigenvalue weighted by atomic mass is 10.0. The number of hydrogen-bond donors (Lipinski definition) is 2. The van der Waals surface area contributed by atoms with Crippen molar-refractivity contribution < 1.29 is 9.90 Å². The molecule has 0 heterocycles. The zero-order valence-electron chi connectivity index (χ0n) is 9.82. The summed E-state index contributed by atoms with van der Waals surface area (Å²) in [4.78, 5) is 11.8. The maximum absolute atomic E-state index is 11.8. The van der Waals surface area contributed by atoms with E-state index in [1.807, 2.05) is 18.2 Å². The van der Waals surface area contributed by atoms with E-state index in [2.05, 4.69) is 27.8 Å². The number of para-hydroxylation sites is 1.